The number of hydrogen-bond donors (Lipinski definition) is 2. The number of rotatable bonds is 8. The van der Waals surface area contributed by atoms with E-state index in [-0.39, 0.29) is 24.0 Å². The first-order valence-electron chi connectivity index (χ1n) is 10.5. The zero-order valence-corrected chi connectivity index (χ0v) is 21.3. The first-order valence-corrected chi connectivity index (χ1v) is 10.9. The highest BCUT2D eigenvalue weighted by atomic mass is 127. The summed E-state index contributed by atoms with van der Waals surface area (Å²) < 4.78 is 5.37. The van der Waals surface area contributed by atoms with Gasteiger partial charge in [-0.1, -0.05) is 28.9 Å². The second-order valence-corrected chi connectivity index (χ2v) is 8.12. The number of benzene rings is 1. The number of nitrogens with zero attached hydrogens (tertiary/aromatic N) is 4. The molecule has 3 rings (SSSR count). The number of piperidine rings is 1. The van der Waals surface area contributed by atoms with E-state index in [0.717, 1.165) is 50.5 Å². The van der Waals surface area contributed by atoms with Crippen LogP contribution in [-0.4, -0.2) is 59.8 Å². The molecular weight excluding hydrogens is 527 g/mol. The molecule has 0 aliphatic carbocycles. The van der Waals surface area contributed by atoms with E-state index in [1.807, 2.05) is 24.3 Å². The molecule has 0 atom stereocenters. The quantitative estimate of drug-likeness (QED) is 0.219. The van der Waals surface area contributed by atoms with Crippen molar-refractivity contribution < 1.29 is 4.52 Å². The highest BCUT2D eigenvalue weighted by Crippen LogP contribution is 2.18. The number of guanidine groups is 1. The zero-order valence-electron chi connectivity index (χ0n) is 18.2. The summed E-state index contributed by atoms with van der Waals surface area (Å²) in [4.78, 5) is 11.6. The standard InChI is InChI=1S/C22H31ClN6O.HI/c1-4-24-22(26-19-10-13-29(14-11-19)15-16(2)3)25-12-9-20-27-21(28-30-20)17-5-7-18(23)8-6-17;/h5-8,19H,2,4,9-15H2,1,3H3,(H2,24,25,26);1H. The Morgan fingerprint density at radius 1 is 1.29 bits per heavy atom. The van der Waals surface area contributed by atoms with Crippen molar-refractivity contribution in [3.8, 4) is 11.4 Å². The lowest BCUT2D eigenvalue weighted by atomic mass is 10.0. The Kier molecular flexibility index (Phi) is 10.8. The highest BCUT2D eigenvalue weighted by molar-refractivity contribution is 14.0. The van der Waals surface area contributed by atoms with Gasteiger partial charge in [0.25, 0.3) is 0 Å². The maximum atomic E-state index is 5.93. The molecule has 31 heavy (non-hydrogen) atoms. The van der Waals surface area contributed by atoms with Gasteiger partial charge < -0.3 is 15.2 Å². The number of aromatic nitrogens is 2. The summed E-state index contributed by atoms with van der Waals surface area (Å²) in [5.41, 5.74) is 2.10. The van der Waals surface area contributed by atoms with E-state index in [0.29, 0.717) is 35.7 Å². The van der Waals surface area contributed by atoms with Gasteiger partial charge in [0.05, 0.1) is 6.54 Å². The van der Waals surface area contributed by atoms with Crippen molar-refractivity contribution in [2.24, 2.45) is 4.99 Å². The molecule has 0 unspecified atom stereocenters. The van der Waals surface area contributed by atoms with Gasteiger partial charge in [0.2, 0.25) is 11.7 Å². The van der Waals surface area contributed by atoms with Crippen molar-refractivity contribution in [2.45, 2.75) is 39.2 Å². The van der Waals surface area contributed by atoms with Gasteiger partial charge in [-0.25, -0.2) is 0 Å². The predicted octanol–water partition coefficient (Wildman–Crippen LogP) is 4.15. The van der Waals surface area contributed by atoms with Gasteiger partial charge in [-0.3, -0.25) is 9.89 Å². The van der Waals surface area contributed by atoms with Crippen LogP contribution in [-0.2, 0) is 6.42 Å². The lowest BCUT2D eigenvalue weighted by Crippen LogP contribution is -2.49. The van der Waals surface area contributed by atoms with Crippen molar-refractivity contribution in [2.75, 3.05) is 32.7 Å². The third-order valence-electron chi connectivity index (χ3n) is 4.93. The molecule has 1 aromatic heterocycles. The first-order chi connectivity index (χ1) is 14.5. The van der Waals surface area contributed by atoms with Crippen molar-refractivity contribution in [1.29, 1.82) is 0 Å². The van der Waals surface area contributed by atoms with Gasteiger partial charge in [0.15, 0.2) is 5.96 Å². The monoisotopic (exact) mass is 558 g/mol. The molecule has 2 N–H and O–H groups in total. The van der Waals surface area contributed by atoms with Crippen LogP contribution in [0.15, 0.2) is 45.9 Å². The van der Waals surface area contributed by atoms with Crippen LogP contribution in [0.3, 0.4) is 0 Å². The van der Waals surface area contributed by atoms with E-state index >= 15 is 0 Å². The smallest absolute Gasteiger partial charge is 0.228 e. The van der Waals surface area contributed by atoms with E-state index in [2.05, 4.69) is 51.1 Å². The largest absolute Gasteiger partial charge is 0.357 e. The fourth-order valence-corrected chi connectivity index (χ4v) is 3.59. The molecule has 2 heterocycles. The summed E-state index contributed by atoms with van der Waals surface area (Å²) in [6, 6.07) is 7.82. The van der Waals surface area contributed by atoms with Crippen molar-refractivity contribution in [3.63, 3.8) is 0 Å². The van der Waals surface area contributed by atoms with E-state index in [4.69, 9.17) is 16.1 Å². The maximum Gasteiger partial charge on any atom is 0.228 e. The molecule has 1 fully saturated rings. The maximum absolute atomic E-state index is 5.93. The summed E-state index contributed by atoms with van der Waals surface area (Å²) in [5.74, 6) is 1.98. The van der Waals surface area contributed by atoms with Gasteiger partial charge in [-0.2, -0.15) is 4.98 Å². The lowest BCUT2D eigenvalue weighted by molar-refractivity contribution is 0.221. The van der Waals surface area contributed by atoms with Crippen LogP contribution in [0.2, 0.25) is 5.02 Å². The Bertz CT molecular complexity index is 846. The Balaban J connectivity index is 0.00000341. The van der Waals surface area contributed by atoms with Gasteiger partial charge in [-0.15, -0.1) is 24.0 Å². The summed E-state index contributed by atoms with van der Waals surface area (Å²) >= 11 is 5.93. The number of aliphatic imine (C=N–C) groups is 1. The van der Waals surface area contributed by atoms with Gasteiger partial charge in [-0.05, 0) is 51.0 Å². The Morgan fingerprint density at radius 2 is 2.00 bits per heavy atom. The predicted molar refractivity (Wildman–Crippen MR) is 137 cm³/mol. The van der Waals surface area contributed by atoms with Crippen molar-refractivity contribution in [3.05, 3.63) is 47.3 Å². The molecule has 0 spiro atoms. The molecule has 1 saturated heterocycles. The third kappa shape index (κ3) is 8.42. The fourth-order valence-electron chi connectivity index (χ4n) is 3.47. The SMILES string of the molecule is C=C(C)CN1CCC(NC(=NCCc2nc(-c3ccc(Cl)cc3)no2)NCC)CC1.I. The highest BCUT2D eigenvalue weighted by Gasteiger charge is 2.19. The van der Waals surface area contributed by atoms with E-state index in [1.54, 1.807) is 0 Å². The Hall–Kier alpha value is -1.65. The minimum atomic E-state index is 0. The lowest BCUT2D eigenvalue weighted by Gasteiger charge is -2.33. The molecule has 1 aromatic carbocycles. The normalized spacial score (nSPS) is 15.4. The molecule has 0 amide bonds. The third-order valence-corrected chi connectivity index (χ3v) is 5.18. The van der Waals surface area contributed by atoms with Crippen LogP contribution in [0.25, 0.3) is 11.4 Å². The minimum Gasteiger partial charge on any atom is -0.357 e. The van der Waals surface area contributed by atoms with Crippen LogP contribution >= 0.6 is 35.6 Å². The molecular formula is C22H32ClIN6O. The van der Waals surface area contributed by atoms with Crippen LogP contribution in [0.5, 0.6) is 0 Å². The molecule has 0 radical (unpaired) electrons. The van der Waals surface area contributed by atoms with E-state index < -0.39 is 0 Å². The van der Waals surface area contributed by atoms with Crippen LogP contribution in [0.1, 0.15) is 32.6 Å². The molecule has 7 nitrogen and oxygen atoms in total. The molecule has 0 bridgehead atoms. The summed E-state index contributed by atoms with van der Waals surface area (Å²) in [5, 5.41) is 11.6. The summed E-state index contributed by atoms with van der Waals surface area (Å²) in [7, 11) is 0. The van der Waals surface area contributed by atoms with E-state index in [9.17, 15) is 0 Å². The topological polar surface area (TPSA) is 78.6 Å². The molecule has 1 aliphatic rings. The van der Waals surface area contributed by atoms with E-state index in [1.165, 1.54) is 5.57 Å². The van der Waals surface area contributed by atoms with Crippen molar-refractivity contribution >= 4 is 41.5 Å². The average Bonchev–Trinajstić information content (AvgIpc) is 3.18. The minimum absolute atomic E-state index is 0. The molecule has 0 saturated carbocycles. The molecule has 170 valence electrons. The Morgan fingerprint density at radius 3 is 2.65 bits per heavy atom. The number of likely N-dealkylation sites (tertiary alicyclic amines) is 1. The number of hydrogen-bond acceptors (Lipinski definition) is 5. The fraction of sp³-hybridized carbons (Fsp3) is 0.500. The average molecular weight is 559 g/mol. The van der Waals surface area contributed by atoms with Gasteiger partial charge >= 0.3 is 0 Å². The molecule has 2 aromatic rings. The summed E-state index contributed by atoms with van der Waals surface area (Å²) in [6.45, 7) is 12.7. The first kappa shape index (κ1) is 25.6. The number of nitrogens with one attached hydrogen (secondary N) is 2. The van der Waals surface area contributed by atoms with Crippen molar-refractivity contribution in [1.82, 2.24) is 25.7 Å². The van der Waals surface area contributed by atoms with Crippen LogP contribution < -0.4 is 10.6 Å². The molecule has 9 heteroatoms. The second kappa shape index (κ2) is 13.0. The zero-order chi connectivity index (χ0) is 21.3. The van der Waals surface area contributed by atoms with Crippen LogP contribution in [0.4, 0.5) is 0 Å². The second-order valence-electron chi connectivity index (χ2n) is 7.68. The number of halogens is 2. The van der Waals surface area contributed by atoms with Crippen LogP contribution in [0, 0.1) is 0 Å². The summed E-state index contributed by atoms with van der Waals surface area (Å²) in [6.07, 6.45) is 2.80. The molecule has 1 aliphatic heterocycles. The van der Waals surface area contributed by atoms with Gasteiger partial charge in [0, 0.05) is 49.2 Å². The Labute approximate surface area is 206 Å². The van der Waals surface area contributed by atoms with Gasteiger partial charge in [0.1, 0.15) is 0 Å².